The fraction of sp³-hybridized carbons (Fsp3) is 0.692. The van der Waals surface area contributed by atoms with E-state index in [1.54, 1.807) is 7.11 Å². The highest BCUT2D eigenvalue weighted by Gasteiger charge is 1.90. The minimum atomic E-state index is -1.26. The molecule has 0 aromatic heterocycles. The monoisotopic (exact) mass is 324 g/mol. The third kappa shape index (κ3) is 26.9. The standard InChI is InChI=1S/C9H20O5.C4H4O4/c1-11-4-5-13-8-9-14-7-6-12-3-2-10;5-3(6)1-2-4(7)8/h10H,2-9H2,1H3;1-2H,(H,5,6)(H,7,8)/b;2-1-. The van der Waals surface area contributed by atoms with E-state index in [1.807, 2.05) is 0 Å². The molecule has 3 N–H and O–H groups in total. The highest BCUT2D eigenvalue weighted by Crippen LogP contribution is 1.81. The van der Waals surface area contributed by atoms with E-state index >= 15 is 0 Å². The molecule has 0 unspecified atom stereocenters. The van der Waals surface area contributed by atoms with Crippen LogP contribution in [0, 0.1) is 0 Å². The van der Waals surface area contributed by atoms with Gasteiger partial charge in [0.1, 0.15) is 0 Å². The van der Waals surface area contributed by atoms with Crippen LogP contribution in [-0.2, 0) is 28.5 Å². The van der Waals surface area contributed by atoms with Crippen molar-refractivity contribution in [1.29, 1.82) is 0 Å². The van der Waals surface area contributed by atoms with Crippen LogP contribution in [0.25, 0.3) is 0 Å². The molecule has 9 heteroatoms. The van der Waals surface area contributed by atoms with E-state index in [4.69, 9.17) is 34.3 Å². The van der Waals surface area contributed by atoms with Gasteiger partial charge in [0.05, 0.1) is 52.9 Å². The van der Waals surface area contributed by atoms with E-state index in [2.05, 4.69) is 0 Å². The molecule has 0 bridgehead atoms. The molecule has 0 aromatic rings. The first-order valence-corrected chi connectivity index (χ1v) is 6.51. The first-order valence-electron chi connectivity index (χ1n) is 6.51. The summed E-state index contributed by atoms with van der Waals surface area (Å²) < 4.78 is 20.2. The Balaban J connectivity index is 0. The lowest BCUT2D eigenvalue weighted by Gasteiger charge is -2.05. The van der Waals surface area contributed by atoms with Crippen LogP contribution >= 0.6 is 0 Å². The van der Waals surface area contributed by atoms with Crippen LogP contribution in [0.5, 0.6) is 0 Å². The van der Waals surface area contributed by atoms with Crippen molar-refractivity contribution in [3.05, 3.63) is 12.2 Å². The zero-order valence-electron chi connectivity index (χ0n) is 12.6. The number of carbonyl (C=O) groups is 2. The second-order valence-electron chi connectivity index (χ2n) is 3.56. The quantitative estimate of drug-likeness (QED) is 0.300. The number of carboxylic acids is 2. The van der Waals surface area contributed by atoms with E-state index < -0.39 is 11.9 Å². The summed E-state index contributed by atoms with van der Waals surface area (Å²) in [5.41, 5.74) is 0. The first kappa shape index (κ1) is 22.8. The highest BCUT2D eigenvalue weighted by molar-refractivity contribution is 5.89. The molecule has 130 valence electrons. The van der Waals surface area contributed by atoms with E-state index in [9.17, 15) is 9.59 Å². The van der Waals surface area contributed by atoms with E-state index in [1.165, 1.54) is 0 Å². The summed E-state index contributed by atoms with van der Waals surface area (Å²) in [6, 6.07) is 0. The average molecular weight is 324 g/mol. The van der Waals surface area contributed by atoms with E-state index in [-0.39, 0.29) is 6.61 Å². The Labute approximate surface area is 129 Å². The average Bonchev–Trinajstić information content (AvgIpc) is 2.48. The molecule has 0 atom stereocenters. The SMILES string of the molecule is COCCOCCOCCOCCO.O=C(O)/C=C\C(=O)O. The second kappa shape index (κ2) is 19.5. The second-order valence-corrected chi connectivity index (χ2v) is 3.56. The molecule has 0 aliphatic rings. The van der Waals surface area contributed by atoms with Crippen LogP contribution in [0.1, 0.15) is 0 Å². The minimum absolute atomic E-state index is 0.0557. The molecular formula is C13H24O9. The van der Waals surface area contributed by atoms with Crippen LogP contribution in [-0.4, -0.2) is 87.2 Å². The zero-order chi connectivity index (χ0) is 17.1. The van der Waals surface area contributed by atoms with Crippen molar-refractivity contribution >= 4 is 11.9 Å². The highest BCUT2D eigenvalue weighted by atomic mass is 16.6. The fourth-order valence-electron chi connectivity index (χ4n) is 0.891. The summed E-state index contributed by atoms with van der Waals surface area (Å²) in [4.78, 5) is 19.1. The van der Waals surface area contributed by atoms with Crippen molar-refractivity contribution in [2.45, 2.75) is 0 Å². The number of aliphatic carboxylic acids is 2. The molecule has 0 saturated heterocycles. The van der Waals surface area contributed by atoms with Crippen molar-refractivity contribution < 1.29 is 43.9 Å². The smallest absolute Gasteiger partial charge is 0.328 e. The molecule has 0 radical (unpaired) electrons. The largest absolute Gasteiger partial charge is 0.478 e. The summed E-state index contributed by atoms with van der Waals surface area (Å²) in [5, 5.41) is 24.0. The van der Waals surface area contributed by atoms with Gasteiger partial charge in [-0.05, 0) is 0 Å². The number of ether oxygens (including phenoxy) is 4. The molecule has 0 saturated carbocycles. The number of rotatable bonds is 13. The Morgan fingerprint density at radius 1 is 0.773 bits per heavy atom. The van der Waals surface area contributed by atoms with E-state index in [0.29, 0.717) is 58.4 Å². The number of aliphatic hydroxyl groups excluding tert-OH is 1. The Hall–Kier alpha value is -1.52. The number of aliphatic hydroxyl groups is 1. The molecule has 0 aliphatic heterocycles. The lowest BCUT2D eigenvalue weighted by molar-refractivity contribution is -0.134. The molecule has 0 fully saturated rings. The maximum Gasteiger partial charge on any atom is 0.328 e. The third-order valence-corrected chi connectivity index (χ3v) is 1.78. The molecule has 0 heterocycles. The summed E-state index contributed by atoms with van der Waals surface area (Å²) >= 11 is 0. The zero-order valence-corrected chi connectivity index (χ0v) is 12.6. The van der Waals surface area contributed by atoms with Gasteiger partial charge in [-0.15, -0.1) is 0 Å². The van der Waals surface area contributed by atoms with Gasteiger partial charge < -0.3 is 34.3 Å². The van der Waals surface area contributed by atoms with Gasteiger partial charge in [-0.1, -0.05) is 0 Å². The fourth-order valence-corrected chi connectivity index (χ4v) is 0.891. The van der Waals surface area contributed by atoms with Crippen LogP contribution in [0.3, 0.4) is 0 Å². The Bertz CT molecular complexity index is 263. The van der Waals surface area contributed by atoms with Crippen LogP contribution in [0.2, 0.25) is 0 Å². The molecule has 0 aromatic carbocycles. The van der Waals surface area contributed by atoms with Gasteiger partial charge in [0.15, 0.2) is 0 Å². The van der Waals surface area contributed by atoms with Gasteiger partial charge in [0.25, 0.3) is 0 Å². The number of hydrogen-bond donors (Lipinski definition) is 3. The topological polar surface area (TPSA) is 132 Å². The van der Waals surface area contributed by atoms with Crippen molar-refractivity contribution in [2.75, 3.05) is 60.0 Å². The number of hydrogen-bond acceptors (Lipinski definition) is 7. The van der Waals surface area contributed by atoms with Crippen LogP contribution < -0.4 is 0 Å². The Kier molecular flexibility index (Phi) is 20.1. The normalized spacial score (nSPS) is 10.3. The van der Waals surface area contributed by atoms with Gasteiger partial charge >= 0.3 is 11.9 Å². The van der Waals surface area contributed by atoms with E-state index in [0.717, 1.165) is 0 Å². The van der Waals surface area contributed by atoms with Crippen molar-refractivity contribution in [3.8, 4) is 0 Å². The predicted molar refractivity (Wildman–Crippen MR) is 75.8 cm³/mol. The molecule has 0 amide bonds. The molecule has 0 rings (SSSR count). The maximum absolute atomic E-state index is 9.55. The Morgan fingerprint density at radius 2 is 1.14 bits per heavy atom. The van der Waals surface area contributed by atoms with Gasteiger partial charge in [0.2, 0.25) is 0 Å². The molecule has 22 heavy (non-hydrogen) atoms. The Morgan fingerprint density at radius 3 is 1.45 bits per heavy atom. The first-order chi connectivity index (χ1) is 10.5. The molecular weight excluding hydrogens is 300 g/mol. The maximum atomic E-state index is 9.55. The predicted octanol–water partition coefficient (Wildman–Crippen LogP) is -0.613. The third-order valence-electron chi connectivity index (χ3n) is 1.78. The van der Waals surface area contributed by atoms with Crippen molar-refractivity contribution in [2.24, 2.45) is 0 Å². The number of methoxy groups -OCH3 is 1. The summed E-state index contributed by atoms with van der Waals surface area (Å²) in [5.74, 6) is -2.51. The van der Waals surface area contributed by atoms with Crippen LogP contribution in [0.4, 0.5) is 0 Å². The minimum Gasteiger partial charge on any atom is -0.478 e. The molecule has 0 spiro atoms. The van der Waals surface area contributed by atoms with Crippen LogP contribution in [0.15, 0.2) is 12.2 Å². The summed E-state index contributed by atoms with van der Waals surface area (Å²) in [7, 11) is 1.64. The molecule has 9 nitrogen and oxygen atoms in total. The molecule has 0 aliphatic carbocycles. The van der Waals surface area contributed by atoms with Crippen molar-refractivity contribution in [1.82, 2.24) is 0 Å². The lowest BCUT2D eigenvalue weighted by Crippen LogP contribution is -2.12. The van der Waals surface area contributed by atoms with Crippen molar-refractivity contribution in [3.63, 3.8) is 0 Å². The van der Waals surface area contributed by atoms with Gasteiger partial charge in [-0.2, -0.15) is 0 Å². The number of carboxylic acid groups (broad SMARTS) is 2. The summed E-state index contributed by atoms with van der Waals surface area (Å²) in [6.45, 7) is 3.82. The summed E-state index contributed by atoms with van der Waals surface area (Å²) in [6.07, 6.45) is 1.12. The van der Waals surface area contributed by atoms with Gasteiger partial charge in [-0.3, -0.25) is 0 Å². The lowest BCUT2D eigenvalue weighted by atomic mass is 10.5. The van der Waals surface area contributed by atoms with Gasteiger partial charge in [-0.25, -0.2) is 9.59 Å². The van der Waals surface area contributed by atoms with Gasteiger partial charge in [0, 0.05) is 19.3 Å².